The Kier molecular flexibility index (Phi) is 5.02. The van der Waals surface area contributed by atoms with Gasteiger partial charge in [0.05, 0.1) is 16.3 Å². The molecule has 1 amide bonds. The first-order valence-electron chi connectivity index (χ1n) is 7.06. The van der Waals surface area contributed by atoms with Crippen molar-refractivity contribution in [1.29, 1.82) is 0 Å². The highest BCUT2D eigenvalue weighted by Gasteiger charge is 2.20. The number of fused-ring (bicyclic) bond motifs is 1. The lowest BCUT2D eigenvalue weighted by molar-refractivity contribution is -0.113. The fourth-order valence-corrected chi connectivity index (χ4v) is 4.58. The van der Waals surface area contributed by atoms with Crippen LogP contribution in [0.25, 0.3) is 0 Å². The van der Waals surface area contributed by atoms with Crippen molar-refractivity contribution in [1.82, 2.24) is 19.7 Å². The van der Waals surface area contributed by atoms with Crippen LogP contribution in [0.3, 0.4) is 0 Å². The van der Waals surface area contributed by atoms with Gasteiger partial charge in [-0.25, -0.2) is 4.98 Å². The molecule has 3 heterocycles. The van der Waals surface area contributed by atoms with Crippen molar-refractivity contribution < 1.29 is 4.79 Å². The van der Waals surface area contributed by atoms with Gasteiger partial charge in [0.25, 0.3) is 5.56 Å². The molecule has 0 aromatic carbocycles. The second kappa shape index (κ2) is 7.02. The lowest BCUT2D eigenvalue weighted by Crippen LogP contribution is -2.23. The van der Waals surface area contributed by atoms with E-state index in [1.54, 1.807) is 18.8 Å². The number of anilines is 1. The van der Waals surface area contributed by atoms with Crippen LogP contribution in [0.5, 0.6) is 0 Å². The number of rotatable bonds is 5. The Morgan fingerprint density at radius 1 is 1.43 bits per heavy atom. The van der Waals surface area contributed by atoms with Crippen LogP contribution in [-0.4, -0.2) is 37.2 Å². The molecule has 10 heteroatoms. The molecule has 0 radical (unpaired) electrons. The third-order valence-corrected chi connectivity index (χ3v) is 6.33. The number of carbonyl (C=O) groups excluding carboxylic acids is 1. The van der Waals surface area contributed by atoms with Gasteiger partial charge in [0.15, 0.2) is 5.16 Å². The van der Waals surface area contributed by atoms with E-state index in [2.05, 4.69) is 20.5 Å². The lowest BCUT2D eigenvalue weighted by atomic mass is 10.3. The Balaban J connectivity index is 1.65. The molecule has 0 aliphatic carbocycles. The van der Waals surface area contributed by atoms with Crippen molar-refractivity contribution in [2.45, 2.75) is 29.8 Å². The molecule has 2 aromatic heterocycles. The third-order valence-electron chi connectivity index (χ3n) is 3.21. The predicted molar refractivity (Wildman–Crippen MR) is 92.5 cm³/mol. The van der Waals surface area contributed by atoms with E-state index in [1.165, 1.54) is 27.7 Å². The van der Waals surface area contributed by atoms with Crippen LogP contribution in [-0.2, 0) is 24.7 Å². The summed E-state index contributed by atoms with van der Waals surface area (Å²) >= 11 is 4.17. The summed E-state index contributed by atoms with van der Waals surface area (Å²) in [4.78, 5) is 29.5. The molecule has 2 aromatic rings. The normalized spacial score (nSPS) is 13.1. The van der Waals surface area contributed by atoms with Crippen LogP contribution < -0.4 is 10.9 Å². The van der Waals surface area contributed by atoms with Crippen molar-refractivity contribution in [3.05, 3.63) is 21.1 Å². The Hall–Kier alpha value is -1.39. The number of amides is 1. The summed E-state index contributed by atoms with van der Waals surface area (Å²) in [6, 6.07) is 0. The van der Waals surface area contributed by atoms with Crippen molar-refractivity contribution in [3.8, 4) is 0 Å². The highest BCUT2D eigenvalue weighted by atomic mass is 32.2. The summed E-state index contributed by atoms with van der Waals surface area (Å²) in [5.41, 5.74) is 0.815. The molecule has 0 spiro atoms. The highest BCUT2D eigenvalue weighted by Crippen LogP contribution is 2.28. The molecule has 1 N–H and O–H groups in total. The van der Waals surface area contributed by atoms with Crippen LogP contribution in [0.1, 0.15) is 17.6 Å². The maximum Gasteiger partial charge on any atom is 0.267 e. The summed E-state index contributed by atoms with van der Waals surface area (Å²) in [5.74, 6) is 0.883. The quantitative estimate of drug-likeness (QED) is 0.632. The molecule has 0 saturated carbocycles. The van der Waals surface area contributed by atoms with Crippen LogP contribution >= 0.6 is 34.9 Å². The SMILES string of the molecule is CCc1nnc(NC(=O)CSc2nc3c(c(=O)n2C)SCC3)s1. The standard InChI is InChI=1S/C13H15N5O2S3/c1-3-9-16-17-12(23-9)15-8(19)6-22-13-14-7-4-5-21-10(7)11(20)18(13)2/h3-6H2,1-2H3,(H,15,17,19). The minimum atomic E-state index is -0.182. The number of aryl methyl sites for hydroxylation is 2. The van der Waals surface area contributed by atoms with E-state index in [0.717, 1.165) is 34.2 Å². The minimum absolute atomic E-state index is 0.0304. The Bertz CT molecular complexity index is 801. The van der Waals surface area contributed by atoms with E-state index < -0.39 is 0 Å². The average molecular weight is 369 g/mol. The van der Waals surface area contributed by atoms with Crippen molar-refractivity contribution in [2.24, 2.45) is 7.05 Å². The van der Waals surface area contributed by atoms with Crippen LogP contribution in [0.4, 0.5) is 5.13 Å². The van der Waals surface area contributed by atoms with E-state index >= 15 is 0 Å². The summed E-state index contributed by atoms with van der Waals surface area (Å²) in [6.07, 6.45) is 1.60. The Morgan fingerprint density at radius 3 is 3.00 bits per heavy atom. The average Bonchev–Trinajstić information content (AvgIpc) is 3.18. The number of thioether (sulfide) groups is 2. The number of carbonyl (C=O) groups is 1. The zero-order valence-electron chi connectivity index (χ0n) is 12.7. The van der Waals surface area contributed by atoms with Crippen molar-refractivity contribution in [3.63, 3.8) is 0 Å². The van der Waals surface area contributed by atoms with E-state index in [1.807, 2.05) is 6.92 Å². The fourth-order valence-electron chi connectivity index (χ4n) is 2.03. The molecular weight excluding hydrogens is 354 g/mol. The van der Waals surface area contributed by atoms with Gasteiger partial charge in [0, 0.05) is 19.2 Å². The van der Waals surface area contributed by atoms with Gasteiger partial charge in [0.1, 0.15) is 5.01 Å². The summed E-state index contributed by atoms with van der Waals surface area (Å²) in [5, 5.41) is 12.5. The van der Waals surface area contributed by atoms with Gasteiger partial charge in [-0.3, -0.25) is 19.5 Å². The van der Waals surface area contributed by atoms with Gasteiger partial charge in [-0.1, -0.05) is 30.0 Å². The zero-order valence-corrected chi connectivity index (χ0v) is 15.1. The second-order valence-electron chi connectivity index (χ2n) is 4.82. The second-order valence-corrected chi connectivity index (χ2v) is 7.93. The van der Waals surface area contributed by atoms with Crippen LogP contribution in [0.2, 0.25) is 0 Å². The van der Waals surface area contributed by atoms with Crippen molar-refractivity contribution in [2.75, 3.05) is 16.8 Å². The summed E-state index contributed by atoms with van der Waals surface area (Å²) in [7, 11) is 1.69. The van der Waals surface area contributed by atoms with E-state index in [0.29, 0.717) is 10.3 Å². The number of aromatic nitrogens is 4. The third kappa shape index (κ3) is 3.59. The number of nitrogens with zero attached hydrogens (tertiary/aromatic N) is 4. The molecule has 3 rings (SSSR count). The largest absolute Gasteiger partial charge is 0.300 e. The maximum atomic E-state index is 12.2. The first-order valence-corrected chi connectivity index (χ1v) is 9.85. The van der Waals surface area contributed by atoms with Gasteiger partial charge >= 0.3 is 0 Å². The molecule has 0 bridgehead atoms. The lowest BCUT2D eigenvalue weighted by Gasteiger charge is -2.08. The smallest absolute Gasteiger partial charge is 0.267 e. The molecule has 1 aliphatic heterocycles. The predicted octanol–water partition coefficient (Wildman–Crippen LogP) is 1.57. The number of nitrogens with one attached hydrogen (secondary N) is 1. The molecule has 7 nitrogen and oxygen atoms in total. The Labute approximate surface area is 145 Å². The summed E-state index contributed by atoms with van der Waals surface area (Å²) < 4.78 is 1.51. The molecular formula is C13H15N5O2S3. The van der Waals surface area contributed by atoms with Crippen LogP contribution in [0, 0.1) is 0 Å². The molecule has 0 unspecified atom stereocenters. The zero-order chi connectivity index (χ0) is 16.4. The van der Waals surface area contributed by atoms with Gasteiger partial charge < -0.3 is 0 Å². The molecule has 0 fully saturated rings. The maximum absolute atomic E-state index is 12.2. The fraction of sp³-hybridized carbons (Fsp3) is 0.462. The summed E-state index contributed by atoms with van der Waals surface area (Å²) in [6.45, 7) is 1.99. The topological polar surface area (TPSA) is 89.8 Å². The van der Waals surface area contributed by atoms with Crippen LogP contribution in [0.15, 0.2) is 14.8 Å². The number of hydrogen-bond donors (Lipinski definition) is 1. The molecule has 122 valence electrons. The van der Waals surface area contributed by atoms with Gasteiger partial charge in [-0.2, -0.15) is 0 Å². The molecule has 1 aliphatic rings. The number of hydrogen-bond acceptors (Lipinski definition) is 8. The van der Waals surface area contributed by atoms with E-state index in [4.69, 9.17) is 0 Å². The molecule has 23 heavy (non-hydrogen) atoms. The van der Waals surface area contributed by atoms with Gasteiger partial charge in [0.2, 0.25) is 11.0 Å². The first-order chi connectivity index (χ1) is 11.1. The van der Waals surface area contributed by atoms with E-state index in [9.17, 15) is 9.59 Å². The molecule has 0 saturated heterocycles. The van der Waals surface area contributed by atoms with Gasteiger partial charge in [-0.15, -0.1) is 22.0 Å². The molecule has 0 atom stereocenters. The minimum Gasteiger partial charge on any atom is -0.300 e. The first kappa shape index (κ1) is 16.5. The Morgan fingerprint density at radius 2 is 2.26 bits per heavy atom. The van der Waals surface area contributed by atoms with Crippen molar-refractivity contribution >= 4 is 45.9 Å². The highest BCUT2D eigenvalue weighted by molar-refractivity contribution is 8.00. The van der Waals surface area contributed by atoms with Gasteiger partial charge in [-0.05, 0) is 6.42 Å². The monoisotopic (exact) mass is 369 g/mol. The van der Waals surface area contributed by atoms with E-state index in [-0.39, 0.29) is 17.2 Å².